The number of rotatable bonds is 9. The first-order valence-corrected chi connectivity index (χ1v) is 8.26. The Balaban J connectivity index is 2.42. The van der Waals surface area contributed by atoms with Gasteiger partial charge in [0, 0.05) is 5.56 Å². The number of benzene rings is 2. The monoisotopic (exact) mass is 344 g/mol. The second-order valence-corrected chi connectivity index (χ2v) is 5.63. The van der Waals surface area contributed by atoms with E-state index in [1.54, 1.807) is 26.4 Å². The highest BCUT2D eigenvalue weighted by Crippen LogP contribution is 2.36. The number of carboxylic acid groups (broad SMARTS) is 1. The van der Waals surface area contributed by atoms with Gasteiger partial charge in [0.1, 0.15) is 5.75 Å². The summed E-state index contributed by atoms with van der Waals surface area (Å²) in [4.78, 5) is 11.9. The van der Waals surface area contributed by atoms with E-state index < -0.39 is 11.9 Å². The van der Waals surface area contributed by atoms with Crippen molar-refractivity contribution in [3.8, 4) is 17.2 Å². The normalized spacial score (nSPS) is 11.6. The molecule has 0 bridgehead atoms. The van der Waals surface area contributed by atoms with Gasteiger partial charge in [-0.15, -0.1) is 0 Å². The van der Waals surface area contributed by atoms with E-state index >= 15 is 0 Å². The lowest BCUT2D eigenvalue weighted by molar-refractivity contribution is -0.138. The Bertz CT molecular complexity index is 711. The zero-order valence-corrected chi connectivity index (χ0v) is 14.8. The topological polar surface area (TPSA) is 65.0 Å². The van der Waals surface area contributed by atoms with Crippen molar-refractivity contribution in [2.24, 2.45) is 0 Å². The minimum absolute atomic E-state index is 0.284. The Morgan fingerprint density at radius 1 is 1.04 bits per heavy atom. The molecule has 0 aliphatic rings. The molecule has 0 amide bonds. The molecule has 2 aromatic rings. The molecule has 0 aliphatic carbocycles. The molecule has 5 nitrogen and oxygen atoms in total. The Morgan fingerprint density at radius 3 is 2.36 bits per heavy atom. The van der Waals surface area contributed by atoms with Gasteiger partial charge >= 0.3 is 5.97 Å². The number of ether oxygens (including phenoxy) is 3. The molecule has 1 atom stereocenters. The molecule has 0 aromatic heterocycles. The number of methoxy groups -OCH3 is 2. The van der Waals surface area contributed by atoms with Crippen molar-refractivity contribution < 1.29 is 24.1 Å². The lowest BCUT2D eigenvalue weighted by Crippen LogP contribution is -2.16. The summed E-state index contributed by atoms with van der Waals surface area (Å²) in [5.41, 5.74) is 1.44. The fraction of sp³-hybridized carbons (Fsp3) is 0.350. The number of hydrogen-bond donors (Lipinski definition) is 1. The summed E-state index contributed by atoms with van der Waals surface area (Å²) in [6.07, 6.45) is 1.14. The molecule has 0 radical (unpaired) electrons. The smallest absolute Gasteiger partial charge is 0.311 e. The Labute approximate surface area is 148 Å². The van der Waals surface area contributed by atoms with Gasteiger partial charge in [0.2, 0.25) is 0 Å². The predicted octanol–water partition coefficient (Wildman–Crippen LogP) is 3.90. The third-order valence-corrected chi connectivity index (χ3v) is 3.97. The SMILES string of the molecule is CCCOc1c(CC(C(=O)O)c2ccccc2OC)cccc1OC. The van der Waals surface area contributed by atoms with Crippen LogP contribution < -0.4 is 14.2 Å². The summed E-state index contributed by atoms with van der Waals surface area (Å²) in [5, 5.41) is 9.77. The fourth-order valence-electron chi connectivity index (χ4n) is 2.76. The Morgan fingerprint density at radius 2 is 1.72 bits per heavy atom. The van der Waals surface area contributed by atoms with Crippen molar-refractivity contribution in [1.82, 2.24) is 0 Å². The molecule has 0 aliphatic heterocycles. The Hall–Kier alpha value is -2.69. The van der Waals surface area contributed by atoms with Gasteiger partial charge < -0.3 is 19.3 Å². The van der Waals surface area contributed by atoms with Crippen molar-refractivity contribution in [2.45, 2.75) is 25.7 Å². The van der Waals surface area contributed by atoms with Crippen molar-refractivity contribution in [2.75, 3.05) is 20.8 Å². The van der Waals surface area contributed by atoms with Crippen LogP contribution in [0.25, 0.3) is 0 Å². The maximum atomic E-state index is 11.9. The van der Waals surface area contributed by atoms with Crippen LogP contribution >= 0.6 is 0 Å². The summed E-state index contributed by atoms with van der Waals surface area (Å²) >= 11 is 0. The van der Waals surface area contributed by atoms with E-state index in [2.05, 4.69) is 0 Å². The number of para-hydroxylation sites is 2. The maximum absolute atomic E-state index is 11.9. The molecule has 0 fully saturated rings. The highest BCUT2D eigenvalue weighted by Gasteiger charge is 2.26. The number of hydrogen-bond acceptors (Lipinski definition) is 4. The van der Waals surface area contributed by atoms with Gasteiger partial charge in [0.15, 0.2) is 11.5 Å². The molecule has 134 valence electrons. The van der Waals surface area contributed by atoms with E-state index in [-0.39, 0.29) is 6.42 Å². The molecule has 0 heterocycles. The van der Waals surface area contributed by atoms with E-state index in [1.165, 1.54) is 0 Å². The molecule has 2 rings (SSSR count). The predicted molar refractivity (Wildman–Crippen MR) is 95.9 cm³/mol. The second-order valence-electron chi connectivity index (χ2n) is 5.63. The summed E-state index contributed by atoms with van der Waals surface area (Å²) in [6, 6.07) is 12.7. The van der Waals surface area contributed by atoms with Gasteiger partial charge in [-0.25, -0.2) is 0 Å². The largest absolute Gasteiger partial charge is 0.496 e. The standard InChI is InChI=1S/C20H24O5/c1-4-12-25-19-14(8-7-11-18(19)24-3)13-16(20(21)22)15-9-5-6-10-17(15)23-2/h5-11,16H,4,12-13H2,1-3H3,(H,21,22). The molecule has 1 N–H and O–H groups in total. The van der Waals surface area contributed by atoms with Crippen LogP contribution in [0.2, 0.25) is 0 Å². The number of carboxylic acids is 1. The summed E-state index contributed by atoms with van der Waals surface area (Å²) in [5.74, 6) is 0.123. The quantitative estimate of drug-likeness (QED) is 0.747. The van der Waals surface area contributed by atoms with E-state index in [1.807, 2.05) is 37.3 Å². The summed E-state index contributed by atoms with van der Waals surface area (Å²) in [6.45, 7) is 2.56. The minimum atomic E-state index is -0.909. The van der Waals surface area contributed by atoms with E-state index in [0.29, 0.717) is 29.4 Å². The van der Waals surface area contributed by atoms with Crippen LogP contribution in [-0.4, -0.2) is 31.9 Å². The van der Waals surface area contributed by atoms with Gasteiger partial charge in [-0.05, 0) is 30.5 Å². The number of aliphatic carboxylic acids is 1. The Kier molecular flexibility index (Phi) is 6.69. The lowest BCUT2D eigenvalue weighted by Gasteiger charge is -2.19. The lowest BCUT2D eigenvalue weighted by atomic mass is 9.91. The first kappa shape index (κ1) is 18.6. The zero-order valence-electron chi connectivity index (χ0n) is 14.8. The van der Waals surface area contributed by atoms with Crippen LogP contribution in [0.1, 0.15) is 30.4 Å². The summed E-state index contributed by atoms with van der Waals surface area (Å²) in [7, 11) is 3.12. The molecular weight excluding hydrogens is 320 g/mol. The van der Waals surface area contributed by atoms with Gasteiger partial charge in [0.05, 0.1) is 26.7 Å². The van der Waals surface area contributed by atoms with E-state index in [4.69, 9.17) is 14.2 Å². The van der Waals surface area contributed by atoms with Crippen molar-refractivity contribution in [1.29, 1.82) is 0 Å². The highest BCUT2D eigenvalue weighted by atomic mass is 16.5. The van der Waals surface area contributed by atoms with Crippen molar-refractivity contribution in [3.63, 3.8) is 0 Å². The maximum Gasteiger partial charge on any atom is 0.311 e. The van der Waals surface area contributed by atoms with Crippen LogP contribution in [0.3, 0.4) is 0 Å². The average Bonchev–Trinajstić information content (AvgIpc) is 2.64. The first-order chi connectivity index (χ1) is 12.1. The molecular formula is C20H24O5. The highest BCUT2D eigenvalue weighted by molar-refractivity contribution is 5.78. The van der Waals surface area contributed by atoms with Crippen molar-refractivity contribution in [3.05, 3.63) is 53.6 Å². The van der Waals surface area contributed by atoms with Crippen molar-refractivity contribution >= 4 is 5.97 Å². The van der Waals surface area contributed by atoms with Gasteiger partial charge in [-0.3, -0.25) is 4.79 Å². The first-order valence-electron chi connectivity index (χ1n) is 8.26. The average molecular weight is 344 g/mol. The molecule has 1 unspecified atom stereocenters. The third-order valence-electron chi connectivity index (χ3n) is 3.97. The van der Waals surface area contributed by atoms with Crippen LogP contribution in [-0.2, 0) is 11.2 Å². The molecule has 2 aromatic carbocycles. The van der Waals surface area contributed by atoms with Crippen LogP contribution in [0.4, 0.5) is 0 Å². The molecule has 5 heteroatoms. The van der Waals surface area contributed by atoms with E-state index in [9.17, 15) is 9.90 Å². The summed E-state index contributed by atoms with van der Waals surface area (Å²) < 4.78 is 16.5. The van der Waals surface area contributed by atoms with Crippen LogP contribution in [0, 0.1) is 0 Å². The molecule has 0 spiro atoms. The van der Waals surface area contributed by atoms with Crippen LogP contribution in [0.15, 0.2) is 42.5 Å². The van der Waals surface area contributed by atoms with Gasteiger partial charge in [0.25, 0.3) is 0 Å². The minimum Gasteiger partial charge on any atom is -0.496 e. The molecule has 25 heavy (non-hydrogen) atoms. The third kappa shape index (κ3) is 4.44. The van der Waals surface area contributed by atoms with Gasteiger partial charge in [-0.2, -0.15) is 0 Å². The molecule has 0 saturated heterocycles. The fourth-order valence-corrected chi connectivity index (χ4v) is 2.76. The molecule has 0 saturated carbocycles. The van der Waals surface area contributed by atoms with E-state index in [0.717, 1.165) is 12.0 Å². The van der Waals surface area contributed by atoms with Gasteiger partial charge in [-0.1, -0.05) is 37.3 Å². The van der Waals surface area contributed by atoms with Crippen LogP contribution in [0.5, 0.6) is 17.2 Å². The number of carbonyl (C=O) groups is 1. The second kappa shape index (κ2) is 8.97. The zero-order chi connectivity index (χ0) is 18.2.